The predicted molar refractivity (Wildman–Crippen MR) is 159 cm³/mol. The Morgan fingerprint density at radius 1 is 0.408 bits per heavy atom. The van der Waals surface area contributed by atoms with Crippen molar-refractivity contribution in [2.45, 2.75) is 0 Å². The number of allylic oxidation sites excluding steroid dienone is 8. The van der Waals surface area contributed by atoms with Crippen LogP contribution >= 0.6 is 0 Å². The van der Waals surface area contributed by atoms with E-state index in [4.69, 9.17) is 0 Å². The third-order valence-corrected chi connectivity index (χ3v) is 7.72. The van der Waals surface area contributed by atoms with E-state index in [1.54, 1.807) is 42.5 Å². The Hall–Kier alpha value is -8.69. The van der Waals surface area contributed by atoms with E-state index in [2.05, 4.69) is 0 Å². The van der Waals surface area contributed by atoms with Crippen LogP contribution in [0.3, 0.4) is 0 Å². The van der Waals surface area contributed by atoms with E-state index >= 15 is 4.39 Å². The molecule has 0 fully saturated rings. The number of nitrogens with zero attached hydrogens (tertiary/aromatic N) is 10. The molecular weight excluding hydrogens is 629 g/mol. The van der Waals surface area contributed by atoms with Crippen LogP contribution in [0.4, 0.5) is 13.2 Å². The van der Waals surface area contributed by atoms with Gasteiger partial charge in [-0.3, -0.25) is 0 Å². The first-order valence-corrected chi connectivity index (χ1v) is 13.2. The van der Waals surface area contributed by atoms with Gasteiger partial charge >= 0.3 is 0 Å². The Kier molecular flexibility index (Phi) is 7.78. The Morgan fingerprint density at radius 3 is 1.41 bits per heavy atom. The Morgan fingerprint density at radius 2 is 0.898 bits per heavy atom. The molecule has 0 N–H and O–H groups in total. The molecule has 0 saturated heterocycles. The first-order chi connectivity index (χ1) is 23.6. The molecule has 3 aromatic rings. The maximum Gasteiger partial charge on any atom is 0.160 e. The Balaban J connectivity index is 2.07. The molecule has 220 valence electrons. The van der Waals surface area contributed by atoms with E-state index in [0.29, 0.717) is 12.1 Å². The van der Waals surface area contributed by atoms with Crippen LogP contribution < -0.4 is 0 Å². The van der Waals surface area contributed by atoms with Gasteiger partial charge in [0, 0.05) is 50.1 Å². The summed E-state index contributed by atoms with van der Waals surface area (Å²) >= 11 is 0. The summed E-state index contributed by atoms with van der Waals surface area (Å²) < 4.78 is 43.8. The third kappa shape index (κ3) is 4.42. The molecule has 10 nitrogen and oxygen atoms in total. The molecule has 49 heavy (non-hydrogen) atoms. The molecule has 3 aromatic carbocycles. The second kappa shape index (κ2) is 12.0. The Bertz CT molecular complexity index is 2710. The van der Waals surface area contributed by atoms with Gasteiger partial charge in [-0.2, -0.15) is 52.6 Å². The highest BCUT2D eigenvalue weighted by molar-refractivity contribution is 6.31. The average molecular weight is 634 g/mol. The Labute approximate surface area is 274 Å². The summed E-state index contributed by atoms with van der Waals surface area (Å²) in [6.07, 6.45) is 0. The van der Waals surface area contributed by atoms with Gasteiger partial charge in [0.25, 0.3) is 0 Å². The van der Waals surface area contributed by atoms with Gasteiger partial charge in [0.05, 0.1) is 45.5 Å². The molecule has 13 heteroatoms. The lowest BCUT2D eigenvalue weighted by Gasteiger charge is -2.14. The van der Waals surface area contributed by atoms with Crippen molar-refractivity contribution in [3.63, 3.8) is 0 Å². The van der Waals surface area contributed by atoms with Crippen LogP contribution in [-0.2, 0) is 0 Å². The lowest BCUT2D eigenvalue weighted by atomic mass is 9.85. The number of halogens is 3. The van der Waals surface area contributed by atoms with E-state index < -0.39 is 67.6 Å². The molecule has 0 bridgehead atoms. The second-order valence-corrected chi connectivity index (χ2v) is 9.90. The molecular formula is C36H5F3N10. The first-order valence-electron chi connectivity index (χ1n) is 13.2. The minimum Gasteiger partial charge on any atom is -0.206 e. The van der Waals surface area contributed by atoms with Crippen molar-refractivity contribution in [2.75, 3.05) is 0 Å². The molecule has 0 unspecified atom stereocenters. The molecule has 0 amide bonds. The van der Waals surface area contributed by atoms with Crippen LogP contribution in [0, 0.1) is 131 Å². The van der Waals surface area contributed by atoms with Crippen molar-refractivity contribution in [1.82, 2.24) is 0 Å². The summed E-state index contributed by atoms with van der Waals surface area (Å²) in [6.45, 7) is 0. The average Bonchev–Trinajstić information content (AvgIpc) is 3.61. The van der Waals surface area contributed by atoms with Gasteiger partial charge in [-0.05, 0) is 35.9 Å². The fourth-order valence-corrected chi connectivity index (χ4v) is 5.83. The zero-order chi connectivity index (χ0) is 35.7. The number of hydrogen-bond acceptors (Lipinski definition) is 10. The fourth-order valence-electron chi connectivity index (χ4n) is 5.83. The van der Waals surface area contributed by atoms with Crippen LogP contribution in [-0.4, -0.2) is 0 Å². The first kappa shape index (κ1) is 31.7. The van der Waals surface area contributed by atoms with E-state index in [9.17, 15) is 61.4 Å². The number of rotatable bonds is 2. The molecule has 0 heterocycles. The molecule has 0 spiro atoms. The number of benzene rings is 3. The number of fused-ring (bicyclic) bond motifs is 2. The number of hydrogen-bond donors (Lipinski definition) is 0. The van der Waals surface area contributed by atoms with Gasteiger partial charge < -0.3 is 0 Å². The highest BCUT2D eigenvalue weighted by Gasteiger charge is 2.41. The summed E-state index contributed by atoms with van der Waals surface area (Å²) in [4.78, 5) is 0. The van der Waals surface area contributed by atoms with Gasteiger partial charge in [-0.25, -0.2) is 13.2 Å². The highest BCUT2D eigenvalue weighted by atomic mass is 19.2. The number of nitriles is 10. The van der Waals surface area contributed by atoms with Gasteiger partial charge in [-0.15, -0.1) is 0 Å². The minimum absolute atomic E-state index is 0.198. The zero-order valence-corrected chi connectivity index (χ0v) is 24.0. The van der Waals surface area contributed by atoms with Crippen molar-refractivity contribution in [3.8, 4) is 60.7 Å². The predicted octanol–water partition coefficient (Wildman–Crippen LogP) is 6.09. The molecule has 2 aliphatic carbocycles. The monoisotopic (exact) mass is 634 g/mol. The van der Waals surface area contributed by atoms with Crippen LogP contribution in [0.25, 0.3) is 33.4 Å². The molecule has 0 atom stereocenters. The van der Waals surface area contributed by atoms with Crippen LogP contribution in [0.2, 0.25) is 0 Å². The summed E-state index contributed by atoms with van der Waals surface area (Å²) in [5.74, 6) is -3.99. The highest BCUT2D eigenvalue weighted by Crippen LogP contribution is 2.56. The summed E-state index contributed by atoms with van der Waals surface area (Å²) in [5.41, 5.74) is -7.37. The van der Waals surface area contributed by atoms with Crippen LogP contribution in [0.1, 0.15) is 55.6 Å². The summed E-state index contributed by atoms with van der Waals surface area (Å²) in [6, 6.07) is 21.1. The van der Waals surface area contributed by atoms with Gasteiger partial charge in [0.1, 0.15) is 65.5 Å². The molecule has 0 aliphatic heterocycles. The fraction of sp³-hybridized carbons (Fsp3) is 0. The van der Waals surface area contributed by atoms with Gasteiger partial charge in [0.2, 0.25) is 0 Å². The molecule has 0 aromatic heterocycles. The van der Waals surface area contributed by atoms with Crippen LogP contribution in [0.5, 0.6) is 0 Å². The van der Waals surface area contributed by atoms with Crippen molar-refractivity contribution >= 4 is 33.4 Å². The SMILES string of the molecule is N#CC(C#N)=C1C(c2cc(F)c(F)cc2C#N)=C(C#N)c2c1cc1c(c2C#N)C(=C(C#N)C#N)C(c2cc(F)c(C#N)cc2C#N)=C1C#N. The lowest BCUT2D eigenvalue weighted by Crippen LogP contribution is -2.01. The maximum atomic E-state index is 15.0. The quantitative estimate of drug-likeness (QED) is 0.294. The summed E-state index contributed by atoms with van der Waals surface area (Å²) in [7, 11) is 0. The van der Waals surface area contributed by atoms with Gasteiger partial charge in [-0.1, -0.05) is 0 Å². The minimum atomic E-state index is -1.45. The van der Waals surface area contributed by atoms with Gasteiger partial charge in [0.15, 0.2) is 11.6 Å². The van der Waals surface area contributed by atoms with Crippen molar-refractivity contribution in [2.24, 2.45) is 0 Å². The molecule has 5 rings (SSSR count). The van der Waals surface area contributed by atoms with E-state index in [-0.39, 0.29) is 50.1 Å². The summed E-state index contributed by atoms with van der Waals surface area (Å²) in [5, 5.41) is 100. The van der Waals surface area contributed by atoms with Crippen molar-refractivity contribution in [1.29, 1.82) is 52.6 Å². The molecule has 2 aliphatic rings. The zero-order valence-electron chi connectivity index (χ0n) is 24.0. The maximum absolute atomic E-state index is 15.0. The van der Waals surface area contributed by atoms with Crippen LogP contribution in [0.15, 0.2) is 41.5 Å². The second-order valence-electron chi connectivity index (χ2n) is 9.90. The standard InChI is InChI=1S/C36H5F3N10/c37-28-4-21(16(6-40)1-18(28)8-42)34-25(13-47)23-3-24-31(19(9-43)10-44)35(22-5-30(39)29(38)2-17(22)7-41)26(14-48)33(24)27(15-49)36(23)32(34)20(11-45)12-46/h1-5H. The topological polar surface area (TPSA) is 238 Å². The van der Waals surface area contributed by atoms with E-state index in [0.717, 1.165) is 18.2 Å². The van der Waals surface area contributed by atoms with Crippen molar-refractivity contribution in [3.05, 3.63) is 115 Å². The third-order valence-electron chi connectivity index (χ3n) is 7.72. The smallest absolute Gasteiger partial charge is 0.160 e. The molecule has 0 saturated carbocycles. The van der Waals surface area contributed by atoms with Crippen molar-refractivity contribution < 1.29 is 13.2 Å². The molecule has 0 radical (unpaired) electrons. The van der Waals surface area contributed by atoms with E-state index in [1.165, 1.54) is 0 Å². The lowest BCUT2D eigenvalue weighted by molar-refractivity contribution is 0.508. The van der Waals surface area contributed by atoms with E-state index in [1.807, 2.05) is 18.2 Å². The normalized spacial score (nSPS) is 11.9. The largest absolute Gasteiger partial charge is 0.206 e.